The van der Waals surface area contributed by atoms with Gasteiger partial charge in [0.05, 0.1) is 22.7 Å². The number of carbonyl (C=O) groups is 1. The fourth-order valence-electron chi connectivity index (χ4n) is 2.97. The Kier molecular flexibility index (Phi) is 4.97. The van der Waals surface area contributed by atoms with Gasteiger partial charge in [-0.15, -0.1) is 0 Å². The molecule has 0 saturated heterocycles. The molecule has 0 N–H and O–H groups in total. The van der Waals surface area contributed by atoms with E-state index in [0.29, 0.717) is 27.4 Å². The van der Waals surface area contributed by atoms with Crippen LogP contribution in [0.4, 0.5) is 5.13 Å². The number of fused-ring (bicyclic) bond motifs is 2. The lowest BCUT2D eigenvalue weighted by molar-refractivity contribution is 0.0984. The van der Waals surface area contributed by atoms with Crippen molar-refractivity contribution < 1.29 is 13.6 Å². The van der Waals surface area contributed by atoms with E-state index in [1.807, 2.05) is 18.2 Å². The molecule has 1 amide bonds. The average molecular weight is 494 g/mol. The maximum atomic E-state index is 13.4. The zero-order valence-electron chi connectivity index (χ0n) is 15.7. The quantitative estimate of drug-likeness (QED) is 0.189. The van der Waals surface area contributed by atoms with E-state index in [-0.39, 0.29) is 5.56 Å². The Hall–Kier alpha value is -3.56. The van der Waals surface area contributed by atoms with E-state index in [4.69, 9.17) is 8.83 Å². The molecule has 31 heavy (non-hydrogen) atoms. The number of halogens is 1. The van der Waals surface area contributed by atoms with Crippen molar-refractivity contribution in [3.05, 3.63) is 93.1 Å². The number of hydrogen-bond donors (Lipinski definition) is 0. The Labute approximate surface area is 187 Å². The molecule has 2 aromatic carbocycles. The van der Waals surface area contributed by atoms with Crippen molar-refractivity contribution in [2.75, 3.05) is 5.01 Å². The van der Waals surface area contributed by atoms with E-state index in [1.165, 1.54) is 29.9 Å². The number of furan rings is 1. The molecule has 0 radical (unpaired) electrons. The molecular weight excluding hydrogens is 482 g/mol. The summed E-state index contributed by atoms with van der Waals surface area (Å²) in [5, 5.41) is 6.30. The van der Waals surface area contributed by atoms with E-state index in [9.17, 15) is 9.59 Å². The summed E-state index contributed by atoms with van der Waals surface area (Å²) in [5.74, 6) is -0.201. The second kappa shape index (κ2) is 7.93. The third-order valence-electron chi connectivity index (χ3n) is 4.43. The number of hydrazone groups is 1. The summed E-state index contributed by atoms with van der Waals surface area (Å²) in [6.07, 6.45) is 2.89. The van der Waals surface area contributed by atoms with Crippen molar-refractivity contribution in [2.24, 2.45) is 5.10 Å². The van der Waals surface area contributed by atoms with Crippen LogP contribution < -0.4 is 10.6 Å². The fraction of sp³-hybridized carbons (Fsp3) is 0. The molecule has 0 spiro atoms. The minimum absolute atomic E-state index is 0.143. The van der Waals surface area contributed by atoms with Crippen molar-refractivity contribution >= 4 is 65.7 Å². The smallest absolute Gasteiger partial charge is 0.349 e. The van der Waals surface area contributed by atoms with E-state index >= 15 is 0 Å². The van der Waals surface area contributed by atoms with E-state index in [0.717, 1.165) is 14.2 Å². The molecule has 5 rings (SSSR count). The summed E-state index contributed by atoms with van der Waals surface area (Å²) in [6, 6.07) is 17.5. The molecule has 0 bridgehead atoms. The SMILES string of the molecule is O=C(c1cc2ccccc2oc1=O)N(/N=C/c1ccco1)c1nc2ccc(Br)cc2s1. The number of benzene rings is 2. The van der Waals surface area contributed by atoms with Crippen molar-refractivity contribution in [1.29, 1.82) is 0 Å². The number of carbonyl (C=O) groups excluding carboxylic acids is 1. The van der Waals surface area contributed by atoms with Gasteiger partial charge in [0.15, 0.2) is 0 Å². The summed E-state index contributed by atoms with van der Waals surface area (Å²) in [5.41, 5.74) is 0.223. The minimum Gasteiger partial charge on any atom is -0.463 e. The highest BCUT2D eigenvalue weighted by Crippen LogP contribution is 2.32. The van der Waals surface area contributed by atoms with Crippen LogP contribution in [-0.2, 0) is 0 Å². The monoisotopic (exact) mass is 493 g/mol. The highest BCUT2D eigenvalue weighted by molar-refractivity contribution is 9.10. The van der Waals surface area contributed by atoms with Crippen molar-refractivity contribution in [1.82, 2.24) is 4.98 Å². The molecule has 0 aliphatic heterocycles. The zero-order chi connectivity index (χ0) is 21.4. The van der Waals surface area contributed by atoms with Crippen molar-refractivity contribution in [3.8, 4) is 0 Å². The first kappa shape index (κ1) is 19.4. The van der Waals surface area contributed by atoms with Gasteiger partial charge in [0.25, 0.3) is 5.91 Å². The minimum atomic E-state index is -0.745. The Bertz CT molecular complexity index is 1500. The topological polar surface area (TPSA) is 88.9 Å². The number of amides is 1. The van der Waals surface area contributed by atoms with Crippen LogP contribution in [0.5, 0.6) is 0 Å². The first-order chi connectivity index (χ1) is 15.1. The molecule has 152 valence electrons. The van der Waals surface area contributed by atoms with E-state index in [2.05, 4.69) is 26.0 Å². The largest absolute Gasteiger partial charge is 0.463 e. The highest BCUT2D eigenvalue weighted by Gasteiger charge is 2.25. The Balaban J connectivity index is 1.63. The van der Waals surface area contributed by atoms with Crippen LogP contribution in [0.3, 0.4) is 0 Å². The van der Waals surface area contributed by atoms with Crippen molar-refractivity contribution in [3.63, 3.8) is 0 Å². The number of hydrogen-bond acceptors (Lipinski definition) is 7. The predicted molar refractivity (Wildman–Crippen MR) is 123 cm³/mol. The first-order valence-electron chi connectivity index (χ1n) is 9.09. The van der Waals surface area contributed by atoms with Gasteiger partial charge in [-0.05, 0) is 42.5 Å². The van der Waals surface area contributed by atoms with Gasteiger partial charge >= 0.3 is 5.63 Å². The molecule has 0 unspecified atom stereocenters. The number of nitrogens with zero attached hydrogens (tertiary/aromatic N) is 3. The Morgan fingerprint density at radius 1 is 1.13 bits per heavy atom. The second-order valence-electron chi connectivity index (χ2n) is 6.47. The third kappa shape index (κ3) is 3.80. The second-order valence-corrected chi connectivity index (χ2v) is 8.40. The third-order valence-corrected chi connectivity index (χ3v) is 5.92. The van der Waals surface area contributed by atoms with Gasteiger partial charge in [-0.1, -0.05) is 45.5 Å². The summed E-state index contributed by atoms with van der Waals surface area (Å²) >= 11 is 4.71. The first-order valence-corrected chi connectivity index (χ1v) is 10.7. The van der Waals surface area contributed by atoms with Gasteiger partial charge in [-0.3, -0.25) is 4.79 Å². The lowest BCUT2D eigenvalue weighted by Crippen LogP contribution is -2.30. The average Bonchev–Trinajstić information content (AvgIpc) is 3.42. The summed E-state index contributed by atoms with van der Waals surface area (Å²) in [6.45, 7) is 0. The predicted octanol–water partition coefficient (Wildman–Crippen LogP) is 5.44. The molecule has 5 aromatic rings. The summed E-state index contributed by atoms with van der Waals surface area (Å²) in [4.78, 5) is 30.5. The van der Waals surface area contributed by atoms with Crippen LogP contribution in [0, 0.1) is 0 Å². The molecule has 0 saturated carbocycles. The molecule has 0 aliphatic carbocycles. The van der Waals surface area contributed by atoms with Crippen molar-refractivity contribution in [2.45, 2.75) is 0 Å². The molecule has 3 aromatic heterocycles. The lowest BCUT2D eigenvalue weighted by Gasteiger charge is -2.13. The van der Waals surface area contributed by atoms with Gasteiger partial charge in [-0.2, -0.15) is 10.1 Å². The molecule has 9 heteroatoms. The van der Waals surface area contributed by atoms with Crippen LogP contribution in [0.25, 0.3) is 21.2 Å². The van der Waals surface area contributed by atoms with Crippen LogP contribution in [0.15, 0.2) is 90.1 Å². The summed E-state index contributed by atoms with van der Waals surface area (Å²) < 4.78 is 12.4. The number of rotatable bonds is 4. The molecule has 7 nitrogen and oxygen atoms in total. The van der Waals surface area contributed by atoms with Gasteiger partial charge < -0.3 is 8.83 Å². The normalized spacial score (nSPS) is 11.5. The number of aromatic nitrogens is 1. The van der Waals surface area contributed by atoms with Gasteiger partial charge in [0.1, 0.15) is 16.9 Å². The Morgan fingerprint density at radius 2 is 2.00 bits per heavy atom. The number of para-hydroxylation sites is 1. The highest BCUT2D eigenvalue weighted by atomic mass is 79.9. The molecule has 3 heterocycles. The maximum absolute atomic E-state index is 13.4. The van der Waals surface area contributed by atoms with Gasteiger partial charge in [0, 0.05) is 9.86 Å². The van der Waals surface area contributed by atoms with Gasteiger partial charge in [-0.25, -0.2) is 9.78 Å². The summed E-state index contributed by atoms with van der Waals surface area (Å²) in [7, 11) is 0. The van der Waals surface area contributed by atoms with Gasteiger partial charge in [0.2, 0.25) is 5.13 Å². The zero-order valence-corrected chi connectivity index (χ0v) is 18.1. The molecule has 0 aliphatic rings. The fourth-order valence-corrected chi connectivity index (χ4v) is 4.44. The van der Waals surface area contributed by atoms with E-state index in [1.54, 1.807) is 36.4 Å². The number of anilines is 1. The van der Waals surface area contributed by atoms with E-state index < -0.39 is 11.5 Å². The van der Waals surface area contributed by atoms with Crippen LogP contribution in [0.2, 0.25) is 0 Å². The molecule has 0 atom stereocenters. The van der Waals surface area contributed by atoms with Crippen LogP contribution in [-0.4, -0.2) is 17.1 Å². The number of thiazole rings is 1. The molecule has 0 fully saturated rings. The van der Waals surface area contributed by atoms with Crippen LogP contribution >= 0.6 is 27.3 Å². The Morgan fingerprint density at radius 3 is 2.84 bits per heavy atom. The lowest BCUT2D eigenvalue weighted by atomic mass is 10.2. The maximum Gasteiger partial charge on any atom is 0.349 e. The standard InChI is InChI=1S/C22H12BrN3O4S/c23-14-7-8-17-19(11-14)31-22(25-17)26(24-12-15-5-3-9-29-15)20(27)16-10-13-4-1-2-6-18(13)30-21(16)28/h1-12H/b24-12+. The van der Waals surface area contributed by atoms with Crippen LogP contribution in [0.1, 0.15) is 16.1 Å². The molecular formula is C22H12BrN3O4S.